The highest BCUT2D eigenvalue weighted by Crippen LogP contribution is 2.29. The van der Waals surface area contributed by atoms with Crippen LogP contribution in [0.5, 0.6) is 0 Å². The van der Waals surface area contributed by atoms with Crippen molar-refractivity contribution in [2.45, 2.75) is 4.21 Å². The Morgan fingerprint density at radius 1 is 0.767 bits per heavy atom. The highest BCUT2D eigenvalue weighted by molar-refractivity contribution is 7.88. The third-order valence-corrected chi connectivity index (χ3v) is 6.60. The van der Waals surface area contributed by atoms with Crippen molar-refractivity contribution in [1.29, 1.82) is 0 Å². The van der Waals surface area contributed by atoms with Crippen LogP contribution >= 0.6 is 11.3 Å². The number of carbonyl (C=O) groups excluding carboxylic acids is 1. The number of amides is 2. The predicted octanol–water partition coefficient (Wildman–Crippen LogP) is 5.59. The molecule has 4 aromatic rings. The van der Waals surface area contributed by atoms with E-state index in [0.717, 1.165) is 10.6 Å². The van der Waals surface area contributed by atoms with Gasteiger partial charge < -0.3 is 15.4 Å². The number of thiophene rings is 1. The number of hydrogen-bond acceptors (Lipinski definition) is 4. The molecule has 2 heterocycles. The standard InChI is InChI=1S/C22H18N4O2S2/c27-22(24-16-6-2-1-3-7-16)25-17-9-11-18(12-10-17)26-30(28)21-14-13-20(29-21)19-8-4-5-15-23-19/h1-15,26H,(H2,24,25,27). The Kier molecular flexibility index (Phi) is 6.17. The van der Waals surface area contributed by atoms with E-state index in [0.29, 0.717) is 21.3 Å². The molecule has 1 atom stereocenters. The smallest absolute Gasteiger partial charge is 0.308 e. The zero-order chi connectivity index (χ0) is 20.8. The van der Waals surface area contributed by atoms with Crippen LogP contribution in [0.15, 0.2) is 95.3 Å². The average Bonchev–Trinajstić information content (AvgIpc) is 3.27. The topological polar surface area (TPSA) is 83.1 Å². The van der Waals surface area contributed by atoms with E-state index in [2.05, 4.69) is 20.3 Å². The predicted molar refractivity (Wildman–Crippen MR) is 123 cm³/mol. The normalized spacial score (nSPS) is 11.5. The van der Waals surface area contributed by atoms with Crippen LogP contribution < -0.4 is 15.4 Å². The molecular formula is C22H18N4O2S2. The SMILES string of the molecule is O=C(Nc1ccccc1)Nc1ccc(NS(=O)c2ccc(-c3ccccn3)s2)cc1. The molecule has 150 valence electrons. The van der Waals surface area contributed by atoms with Crippen molar-refractivity contribution in [3.63, 3.8) is 0 Å². The van der Waals surface area contributed by atoms with Gasteiger partial charge in [-0.05, 0) is 60.7 Å². The maximum atomic E-state index is 12.6. The number of aromatic nitrogens is 1. The van der Waals surface area contributed by atoms with E-state index in [1.807, 2.05) is 60.7 Å². The van der Waals surface area contributed by atoms with Gasteiger partial charge in [-0.25, -0.2) is 9.00 Å². The molecule has 1 unspecified atom stereocenters. The number of nitrogens with zero attached hydrogens (tertiary/aromatic N) is 1. The molecule has 0 aliphatic heterocycles. The van der Waals surface area contributed by atoms with Crippen LogP contribution in [0, 0.1) is 0 Å². The number of rotatable bonds is 6. The molecule has 8 heteroatoms. The van der Waals surface area contributed by atoms with Crippen LogP contribution in [0.4, 0.5) is 21.9 Å². The van der Waals surface area contributed by atoms with Crippen molar-refractivity contribution < 1.29 is 9.00 Å². The van der Waals surface area contributed by atoms with Crippen molar-refractivity contribution in [1.82, 2.24) is 4.98 Å². The number of hydrogen-bond donors (Lipinski definition) is 3. The van der Waals surface area contributed by atoms with Crippen LogP contribution in [0.25, 0.3) is 10.6 Å². The van der Waals surface area contributed by atoms with E-state index >= 15 is 0 Å². The summed E-state index contributed by atoms with van der Waals surface area (Å²) in [5.74, 6) is 0. The molecule has 0 aliphatic rings. The van der Waals surface area contributed by atoms with E-state index in [1.54, 1.807) is 30.5 Å². The zero-order valence-corrected chi connectivity index (χ0v) is 17.4. The second-order valence-corrected chi connectivity index (χ2v) is 8.75. The Morgan fingerprint density at radius 2 is 1.43 bits per heavy atom. The fourth-order valence-corrected chi connectivity index (χ4v) is 4.71. The maximum Gasteiger partial charge on any atom is 0.323 e. The van der Waals surface area contributed by atoms with Gasteiger partial charge in [0.05, 0.1) is 10.6 Å². The van der Waals surface area contributed by atoms with Gasteiger partial charge in [-0.15, -0.1) is 11.3 Å². The largest absolute Gasteiger partial charge is 0.323 e. The van der Waals surface area contributed by atoms with Gasteiger partial charge in [0, 0.05) is 23.3 Å². The Bertz CT molecular complexity index is 1150. The Balaban J connectivity index is 1.35. The summed E-state index contributed by atoms with van der Waals surface area (Å²) in [7, 11) is -1.39. The molecule has 2 amide bonds. The quantitative estimate of drug-likeness (QED) is 0.370. The van der Waals surface area contributed by atoms with Crippen molar-refractivity contribution in [2.24, 2.45) is 0 Å². The summed E-state index contributed by atoms with van der Waals surface area (Å²) in [6, 6.07) is 25.4. The van der Waals surface area contributed by atoms with Gasteiger partial charge in [0.1, 0.15) is 4.21 Å². The molecule has 0 fully saturated rings. The number of benzene rings is 2. The van der Waals surface area contributed by atoms with Gasteiger partial charge in [0.15, 0.2) is 11.0 Å². The molecule has 2 aromatic carbocycles. The molecule has 0 bridgehead atoms. The minimum Gasteiger partial charge on any atom is -0.308 e. The summed E-state index contributed by atoms with van der Waals surface area (Å²) in [5, 5.41) is 5.52. The van der Waals surface area contributed by atoms with Crippen LogP contribution in [0.3, 0.4) is 0 Å². The van der Waals surface area contributed by atoms with Crippen LogP contribution in [0.1, 0.15) is 0 Å². The van der Waals surface area contributed by atoms with E-state index in [-0.39, 0.29) is 6.03 Å². The van der Waals surface area contributed by atoms with Gasteiger partial charge in [-0.2, -0.15) is 0 Å². The van der Waals surface area contributed by atoms with Gasteiger partial charge in [0.25, 0.3) is 0 Å². The van der Waals surface area contributed by atoms with Crippen molar-refractivity contribution in [2.75, 3.05) is 15.4 Å². The summed E-state index contributed by atoms with van der Waals surface area (Å²) in [5.41, 5.74) is 2.89. The lowest BCUT2D eigenvalue weighted by Crippen LogP contribution is -2.19. The highest BCUT2D eigenvalue weighted by Gasteiger charge is 2.10. The Hall–Kier alpha value is -3.49. The molecule has 30 heavy (non-hydrogen) atoms. The first-order valence-corrected chi connectivity index (χ1v) is 11.1. The van der Waals surface area contributed by atoms with E-state index in [4.69, 9.17) is 0 Å². The van der Waals surface area contributed by atoms with E-state index in [1.165, 1.54) is 11.3 Å². The molecule has 2 aromatic heterocycles. The highest BCUT2D eigenvalue weighted by atomic mass is 32.2. The van der Waals surface area contributed by atoms with Crippen molar-refractivity contribution in [3.8, 4) is 10.6 Å². The lowest BCUT2D eigenvalue weighted by atomic mass is 10.3. The number of para-hydroxylation sites is 1. The summed E-state index contributed by atoms with van der Waals surface area (Å²) in [4.78, 5) is 17.3. The fourth-order valence-electron chi connectivity index (χ4n) is 2.66. The second-order valence-electron chi connectivity index (χ2n) is 6.23. The molecule has 0 saturated carbocycles. The van der Waals surface area contributed by atoms with Gasteiger partial charge in [-0.3, -0.25) is 4.98 Å². The number of nitrogens with one attached hydrogen (secondary N) is 3. The summed E-state index contributed by atoms with van der Waals surface area (Å²) >= 11 is 1.44. The molecule has 0 spiro atoms. The molecule has 0 saturated heterocycles. The first-order valence-electron chi connectivity index (χ1n) is 9.10. The van der Waals surface area contributed by atoms with Crippen molar-refractivity contribution >= 4 is 45.4 Å². The first-order chi connectivity index (χ1) is 14.7. The summed E-state index contributed by atoms with van der Waals surface area (Å²) < 4.78 is 16.3. The Labute approximate surface area is 180 Å². The van der Waals surface area contributed by atoms with Gasteiger partial charge in [-0.1, -0.05) is 24.3 Å². The number of anilines is 3. The third-order valence-electron chi connectivity index (χ3n) is 4.07. The third kappa shape index (κ3) is 5.11. The molecule has 4 rings (SSSR count). The fraction of sp³-hybridized carbons (Fsp3) is 0. The minimum absolute atomic E-state index is 0.328. The second kappa shape index (κ2) is 9.34. The maximum absolute atomic E-state index is 12.6. The lowest BCUT2D eigenvalue weighted by molar-refractivity contribution is 0.262. The summed E-state index contributed by atoms with van der Waals surface area (Å²) in [6.07, 6.45) is 1.74. The minimum atomic E-state index is -1.39. The molecule has 3 N–H and O–H groups in total. The molecule has 0 aliphatic carbocycles. The average molecular weight is 435 g/mol. The monoisotopic (exact) mass is 434 g/mol. The number of urea groups is 1. The zero-order valence-electron chi connectivity index (χ0n) is 15.7. The number of pyridine rings is 1. The van der Waals surface area contributed by atoms with Crippen molar-refractivity contribution in [3.05, 3.63) is 91.1 Å². The van der Waals surface area contributed by atoms with Crippen LogP contribution in [0.2, 0.25) is 0 Å². The number of carbonyl (C=O) groups is 1. The van der Waals surface area contributed by atoms with Gasteiger partial charge in [0.2, 0.25) is 0 Å². The Morgan fingerprint density at radius 3 is 2.13 bits per heavy atom. The molecular weight excluding hydrogens is 416 g/mol. The van der Waals surface area contributed by atoms with Crippen LogP contribution in [-0.4, -0.2) is 15.2 Å². The summed E-state index contributed by atoms with van der Waals surface area (Å²) in [6.45, 7) is 0. The first kappa shape index (κ1) is 19.8. The lowest BCUT2D eigenvalue weighted by Gasteiger charge is -2.09. The molecule has 6 nitrogen and oxygen atoms in total. The molecule has 0 radical (unpaired) electrons. The van der Waals surface area contributed by atoms with Gasteiger partial charge >= 0.3 is 6.03 Å². The van der Waals surface area contributed by atoms with E-state index < -0.39 is 11.0 Å². The van der Waals surface area contributed by atoms with Crippen LogP contribution in [-0.2, 0) is 11.0 Å². The van der Waals surface area contributed by atoms with E-state index in [9.17, 15) is 9.00 Å².